The molecular weight excluding hydrogens is 432 g/mol. The lowest BCUT2D eigenvalue weighted by molar-refractivity contribution is -0.154. The fourth-order valence-corrected chi connectivity index (χ4v) is 2.41. The summed E-state index contributed by atoms with van der Waals surface area (Å²) in [6.07, 6.45) is 5.22. The topological polar surface area (TPSA) is 125 Å². The van der Waals surface area contributed by atoms with Gasteiger partial charge in [0.25, 0.3) is 0 Å². The van der Waals surface area contributed by atoms with Gasteiger partial charge in [-0.2, -0.15) is 0 Å². The Hall–Kier alpha value is -2.42. The molecular formula is C24H40O9. The SMILES string of the molecule is C=CC(=O)OCC(O)COC(=O)CCCCCOC(=O)CCCCCOC(=O)C(C)(C)CC. The summed E-state index contributed by atoms with van der Waals surface area (Å²) in [5.41, 5.74) is -0.462. The smallest absolute Gasteiger partial charge is 0.330 e. The number of aliphatic hydroxyl groups excluding tert-OH is 1. The van der Waals surface area contributed by atoms with Crippen LogP contribution in [0.25, 0.3) is 0 Å². The Balaban J connectivity index is 3.58. The first-order valence-corrected chi connectivity index (χ1v) is 11.6. The van der Waals surface area contributed by atoms with Crippen molar-refractivity contribution in [1.82, 2.24) is 0 Å². The molecule has 0 aliphatic heterocycles. The average molecular weight is 473 g/mol. The van der Waals surface area contributed by atoms with Crippen molar-refractivity contribution in [2.75, 3.05) is 26.4 Å². The number of hydrogen-bond donors (Lipinski definition) is 1. The van der Waals surface area contributed by atoms with Crippen LogP contribution in [0.2, 0.25) is 0 Å². The summed E-state index contributed by atoms with van der Waals surface area (Å²) in [6.45, 7) is 9.03. The molecule has 33 heavy (non-hydrogen) atoms. The third kappa shape index (κ3) is 16.8. The normalized spacial score (nSPS) is 11.9. The molecule has 0 aromatic carbocycles. The predicted molar refractivity (Wildman–Crippen MR) is 121 cm³/mol. The monoisotopic (exact) mass is 472 g/mol. The van der Waals surface area contributed by atoms with E-state index in [1.807, 2.05) is 20.8 Å². The van der Waals surface area contributed by atoms with Gasteiger partial charge >= 0.3 is 23.9 Å². The first-order chi connectivity index (χ1) is 15.6. The summed E-state index contributed by atoms with van der Waals surface area (Å²) in [5, 5.41) is 9.54. The minimum absolute atomic E-state index is 0.188. The Morgan fingerprint density at radius 1 is 0.818 bits per heavy atom. The molecule has 0 rings (SSSR count). The lowest BCUT2D eigenvalue weighted by atomic mass is 9.91. The summed E-state index contributed by atoms with van der Waals surface area (Å²) in [6, 6.07) is 0. The molecule has 0 fully saturated rings. The van der Waals surface area contributed by atoms with Crippen LogP contribution in [-0.2, 0) is 38.1 Å². The van der Waals surface area contributed by atoms with Crippen molar-refractivity contribution in [1.29, 1.82) is 0 Å². The maximum absolute atomic E-state index is 11.8. The van der Waals surface area contributed by atoms with Crippen LogP contribution in [0.5, 0.6) is 0 Å². The highest BCUT2D eigenvalue weighted by Gasteiger charge is 2.26. The minimum Gasteiger partial charge on any atom is -0.466 e. The minimum atomic E-state index is -1.08. The van der Waals surface area contributed by atoms with E-state index in [4.69, 9.17) is 14.2 Å². The third-order valence-electron chi connectivity index (χ3n) is 5.00. The summed E-state index contributed by atoms with van der Waals surface area (Å²) in [7, 11) is 0. The maximum Gasteiger partial charge on any atom is 0.330 e. The van der Waals surface area contributed by atoms with Gasteiger partial charge in [0.05, 0.1) is 18.6 Å². The van der Waals surface area contributed by atoms with Crippen molar-refractivity contribution in [3.63, 3.8) is 0 Å². The van der Waals surface area contributed by atoms with E-state index in [9.17, 15) is 24.3 Å². The van der Waals surface area contributed by atoms with Crippen LogP contribution in [0.3, 0.4) is 0 Å². The van der Waals surface area contributed by atoms with Crippen molar-refractivity contribution in [3.05, 3.63) is 12.7 Å². The van der Waals surface area contributed by atoms with E-state index >= 15 is 0 Å². The van der Waals surface area contributed by atoms with Crippen LogP contribution in [0.15, 0.2) is 12.7 Å². The highest BCUT2D eigenvalue weighted by Crippen LogP contribution is 2.21. The Kier molecular flexibility index (Phi) is 16.7. The first-order valence-electron chi connectivity index (χ1n) is 11.6. The molecule has 0 amide bonds. The number of hydrogen-bond acceptors (Lipinski definition) is 9. The molecule has 0 aliphatic carbocycles. The number of esters is 4. The van der Waals surface area contributed by atoms with Gasteiger partial charge in [-0.05, 0) is 58.8 Å². The molecule has 0 heterocycles. The molecule has 190 valence electrons. The Labute approximate surface area is 196 Å². The fraction of sp³-hybridized carbons (Fsp3) is 0.750. The third-order valence-corrected chi connectivity index (χ3v) is 5.00. The molecule has 0 aromatic rings. The summed E-state index contributed by atoms with van der Waals surface area (Å²) in [5.74, 6) is -1.56. The lowest BCUT2D eigenvalue weighted by Crippen LogP contribution is -2.26. The first kappa shape index (κ1) is 30.6. The van der Waals surface area contributed by atoms with Gasteiger partial charge in [-0.1, -0.05) is 13.5 Å². The van der Waals surface area contributed by atoms with Crippen molar-refractivity contribution in [3.8, 4) is 0 Å². The van der Waals surface area contributed by atoms with E-state index in [2.05, 4.69) is 11.3 Å². The zero-order valence-corrected chi connectivity index (χ0v) is 20.3. The molecule has 0 saturated carbocycles. The standard InChI is InChI=1S/C24H40O9/c1-5-20(26)32-17-19(25)18-33-22(28)14-10-7-11-15-30-21(27)13-9-8-12-16-31-23(29)24(3,4)6-2/h5,19,25H,1,6-18H2,2-4H3. The molecule has 1 atom stereocenters. The van der Waals surface area contributed by atoms with Crippen LogP contribution >= 0.6 is 0 Å². The highest BCUT2D eigenvalue weighted by atomic mass is 16.6. The number of carbonyl (C=O) groups excluding carboxylic acids is 4. The molecule has 9 nitrogen and oxygen atoms in total. The summed E-state index contributed by atoms with van der Waals surface area (Å²) < 4.78 is 20.0. The van der Waals surface area contributed by atoms with E-state index < -0.39 is 23.5 Å². The number of aliphatic hydroxyl groups is 1. The zero-order valence-electron chi connectivity index (χ0n) is 20.3. The molecule has 1 unspecified atom stereocenters. The second kappa shape index (κ2) is 18.1. The maximum atomic E-state index is 11.8. The molecule has 0 bridgehead atoms. The van der Waals surface area contributed by atoms with Gasteiger partial charge in [-0.3, -0.25) is 14.4 Å². The van der Waals surface area contributed by atoms with E-state index in [1.165, 1.54) is 0 Å². The molecule has 0 radical (unpaired) electrons. The predicted octanol–water partition coefficient (Wildman–Crippen LogP) is 3.26. The number of unbranched alkanes of at least 4 members (excludes halogenated alkanes) is 4. The molecule has 0 spiro atoms. The largest absolute Gasteiger partial charge is 0.466 e. The van der Waals surface area contributed by atoms with E-state index in [-0.39, 0.29) is 31.6 Å². The van der Waals surface area contributed by atoms with Gasteiger partial charge in [0.15, 0.2) is 0 Å². The molecule has 1 N–H and O–H groups in total. The second-order valence-corrected chi connectivity index (χ2v) is 8.39. The second-order valence-electron chi connectivity index (χ2n) is 8.39. The fourth-order valence-electron chi connectivity index (χ4n) is 2.41. The molecule has 9 heteroatoms. The zero-order chi connectivity index (χ0) is 25.1. The van der Waals surface area contributed by atoms with Crippen molar-refractivity contribution in [2.24, 2.45) is 5.41 Å². The van der Waals surface area contributed by atoms with Crippen LogP contribution in [-0.4, -0.2) is 61.5 Å². The summed E-state index contributed by atoms with van der Waals surface area (Å²) >= 11 is 0. The summed E-state index contributed by atoms with van der Waals surface area (Å²) in [4.78, 5) is 46.0. The van der Waals surface area contributed by atoms with Crippen LogP contribution < -0.4 is 0 Å². The van der Waals surface area contributed by atoms with E-state index in [0.717, 1.165) is 18.9 Å². The number of rotatable bonds is 19. The van der Waals surface area contributed by atoms with Gasteiger partial charge in [0, 0.05) is 18.9 Å². The van der Waals surface area contributed by atoms with E-state index in [1.54, 1.807) is 0 Å². The quantitative estimate of drug-likeness (QED) is 0.130. The van der Waals surface area contributed by atoms with Crippen LogP contribution in [0.4, 0.5) is 0 Å². The molecule has 0 aliphatic rings. The van der Waals surface area contributed by atoms with E-state index in [0.29, 0.717) is 51.7 Å². The molecule has 0 saturated heterocycles. The molecule has 0 aromatic heterocycles. The van der Waals surface area contributed by atoms with Gasteiger partial charge in [0.1, 0.15) is 19.3 Å². The Bertz CT molecular complexity index is 613. The Morgan fingerprint density at radius 3 is 1.88 bits per heavy atom. The van der Waals surface area contributed by atoms with Crippen molar-refractivity contribution in [2.45, 2.75) is 84.7 Å². The van der Waals surface area contributed by atoms with Crippen molar-refractivity contribution < 1.29 is 43.2 Å². The number of carbonyl (C=O) groups is 4. The van der Waals surface area contributed by atoms with Gasteiger partial charge in [0.2, 0.25) is 0 Å². The van der Waals surface area contributed by atoms with Crippen LogP contribution in [0.1, 0.15) is 78.6 Å². The highest BCUT2D eigenvalue weighted by molar-refractivity contribution is 5.81. The van der Waals surface area contributed by atoms with Crippen molar-refractivity contribution >= 4 is 23.9 Å². The number of ether oxygens (including phenoxy) is 4. The van der Waals surface area contributed by atoms with Gasteiger partial charge in [-0.15, -0.1) is 0 Å². The average Bonchev–Trinajstić information content (AvgIpc) is 2.80. The lowest BCUT2D eigenvalue weighted by Gasteiger charge is -2.20. The van der Waals surface area contributed by atoms with Crippen LogP contribution in [0, 0.1) is 5.41 Å². The van der Waals surface area contributed by atoms with Gasteiger partial charge < -0.3 is 24.1 Å². The van der Waals surface area contributed by atoms with Gasteiger partial charge in [-0.25, -0.2) is 4.79 Å². The Morgan fingerprint density at radius 2 is 1.33 bits per heavy atom.